The SMILES string of the molecule is CC(C)c1noc(CN2CCN(CC(=O)Nc3ccccc3Sc3ccc(Cl)cc3)CC2)n1. The Bertz CT molecular complexity index is 1060. The predicted octanol–water partition coefficient (Wildman–Crippen LogP) is 4.75. The van der Waals surface area contributed by atoms with Gasteiger partial charge in [0, 0.05) is 46.9 Å². The fourth-order valence-electron chi connectivity index (χ4n) is 3.54. The second-order valence-corrected chi connectivity index (χ2v) is 9.91. The van der Waals surface area contributed by atoms with E-state index in [4.69, 9.17) is 16.1 Å². The van der Waals surface area contributed by atoms with Crippen LogP contribution in [0.15, 0.2) is 62.8 Å². The van der Waals surface area contributed by atoms with Crippen LogP contribution in [0.3, 0.4) is 0 Å². The standard InChI is InChI=1S/C24H28ClN5O2S/c1-17(2)24-27-23(32-28-24)16-30-13-11-29(12-14-30)15-22(31)26-20-5-3-4-6-21(20)33-19-9-7-18(25)8-10-19/h3-10,17H,11-16H2,1-2H3,(H,26,31). The smallest absolute Gasteiger partial charge is 0.240 e. The van der Waals surface area contributed by atoms with E-state index in [1.54, 1.807) is 11.8 Å². The lowest BCUT2D eigenvalue weighted by Gasteiger charge is -2.33. The molecule has 4 rings (SSSR count). The van der Waals surface area contributed by atoms with Gasteiger partial charge in [0.1, 0.15) is 0 Å². The third-order valence-electron chi connectivity index (χ3n) is 5.39. The Morgan fingerprint density at radius 1 is 1.09 bits per heavy atom. The topological polar surface area (TPSA) is 74.5 Å². The van der Waals surface area contributed by atoms with Crippen molar-refractivity contribution in [1.82, 2.24) is 19.9 Å². The van der Waals surface area contributed by atoms with E-state index < -0.39 is 0 Å². The van der Waals surface area contributed by atoms with E-state index in [0.29, 0.717) is 24.0 Å². The number of piperazine rings is 1. The molecule has 0 unspecified atom stereocenters. The molecule has 0 radical (unpaired) electrons. The molecule has 1 aliphatic heterocycles. The summed E-state index contributed by atoms with van der Waals surface area (Å²) in [6.07, 6.45) is 0. The van der Waals surface area contributed by atoms with Crippen LogP contribution in [0.5, 0.6) is 0 Å². The third-order valence-corrected chi connectivity index (χ3v) is 6.73. The fraction of sp³-hybridized carbons (Fsp3) is 0.375. The van der Waals surface area contributed by atoms with Crippen LogP contribution < -0.4 is 5.32 Å². The van der Waals surface area contributed by atoms with Crippen LogP contribution in [0.25, 0.3) is 0 Å². The van der Waals surface area contributed by atoms with Gasteiger partial charge in [-0.15, -0.1) is 0 Å². The van der Waals surface area contributed by atoms with Gasteiger partial charge in [-0.25, -0.2) is 0 Å². The van der Waals surface area contributed by atoms with Crippen LogP contribution in [0.2, 0.25) is 5.02 Å². The van der Waals surface area contributed by atoms with Crippen LogP contribution in [0.1, 0.15) is 31.5 Å². The minimum Gasteiger partial charge on any atom is -0.338 e. The van der Waals surface area contributed by atoms with Crippen LogP contribution >= 0.6 is 23.4 Å². The van der Waals surface area contributed by atoms with E-state index in [9.17, 15) is 4.79 Å². The average Bonchev–Trinajstić information content (AvgIpc) is 3.27. The molecule has 1 saturated heterocycles. The summed E-state index contributed by atoms with van der Waals surface area (Å²) in [6, 6.07) is 15.5. The van der Waals surface area contributed by atoms with E-state index in [1.165, 1.54) is 0 Å². The van der Waals surface area contributed by atoms with Gasteiger partial charge < -0.3 is 9.84 Å². The number of carbonyl (C=O) groups is 1. The quantitative estimate of drug-likeness (QED) is 0.493. The molecule has 0 saturated carbocycles. The highest BCUT2D eigenvalue weighted by Gasteiger charge is 2.21. The number of anilines is 1. The summed E-state index contributed by atoms with van der Waals surface area (Å²) in [6.45, 7) is 8.46. The van der Waals surface area contributed by atoms with E-state index in [1.807, 2.05) is 62.4 Å². The van der Waals surface area contributed by atoms with Gasteiger partial charge in [0.25, 0.3) is 0 Å². The summed E-state index contributed by atoms with van der Waals surface area (Å²) in [7, 11) is 0. The highest BCUT2D eigenvalue weighted by atomic mass is 35.5. The number of carbonyl (C=O) groups excluding carboxylic acids is 1. The highest BCUT2D eigenvalue weighted by molar-refractivity contribution is 7.99. The van der Waals surface area contributed by atoms with Crippen LogP contribution in [0.4, 0.5) is 5.69 Å². The van der Waals surface area contributed by atoms with E-state index >= 15 is 0 Å². The van der Waals surface area contributed by atoms with Crippen LogP contribution in [0, 0.1) is 0 Å². The molecule has 7 nitrogen and oxygen atoms in total. The molecule has 1 aromatic heterocycles. The van der Waals surface area contributed by atoms with Gasteiger partial charge in [-0.3, -0.25) is 14.6 Å². The Kier molecular flexibility index (Phi) is 8.03. The molecule has 0 atom stereocenters. The Labute approximate surface area is 203 Å². The first-order valence-corrected chi connectivity index (χ1v) is 12.2. The summed E-state index contributed by atoms with van der Waals surface area (Å²) >= 11 is 7.59. The molecule has 1 amide bonds. The molecule has 1 N–H and O–H groups in total. The van der Waals surface area contributed by atoms with Gasteiger partial charge >= 0.3 is 0 Å². The van der Waals surface area contributed by atoms with Gasteiger partial charge in [0.15, 0.2) is 5.82 Å². The molecule has 174 valence electrons. The molecule has 0 spiro atoms. The second-order valence-electron chi connectivity index (χ2n) is 8.35. The molecule has 0 aliphatic carbocycles. The van der Waals surface area contributed by atoms with Crippen molar-refractivity contribution in [2.24, 2.45) is 0 Å². The zero-order chi connectivity index (χ0) is 23.2. The summed E-state index contributed by atoms with van der Waals surface area (Å²) in [5, 5.41) is 7.82. The Morgan fingerprint density at radius 3 is 2.48 bits per heavy atom. The number of hydrogen-bond acceptors (Lipinski definition) is 7. The number of nitrogens with one attached hydrogen (secondary N) is 1. The zero-order valence-corrected chi connectivity index (χ0v) is 20.4. The number of amides is 1. The van der Waals surface area contributed by atoms with Gasteiger partial charge in [0.2, 0.25) is 11.8 Å². The Balaban J connectivity index is 1.26. The summed E-state index contributed by atoms with van der Waals surface area (Å²) in [5.41, 5.74) is 0.818. The van der Waals surface area contributed by atoms with Crippen molar-refractivity contribution in [1.29, 1.82) is 0 Å². The first-order chi connectivity index (χ1) is 16.0. The number of hydrogen-bond donors (Lipinski definition) is 1. The third kappa shape index (κ3) is 6.80. The van der Waals surface area contributed by atoms with Crippen molar-refractivity contribution >= 4 is 35.0 Å². The molecule has 2 heterocycles. The van der Waals surface area contributed by atoms with Gasteiger partial charge in [-0.1, -0.05) is 54.5 Å². The minimum absolute atomic E-state index is 0.00826. The largest absolute Gasteiger partial charge is 0.338 e. The lowest BCUT2D eigenvalue weighted by molar-refractivity contribution is -0.117. The molecule has 2 aromatic carbocycles. The first-order valence-electron chi connectivity index (χ1n) is 11.1. The Hall–Kier alpha value is -2.39. The maximum atomic E-state index is 12.7. The van der Waals surface area contributed by atoms with Crippen molar-refractivity contribution in [3.8, 4) is 0 Å². The van der Waals surface area contributed by atoms with Crippen molar-refractivity contribution in [2.45, 2.75) is 36.1 Å². The van der Waals surface area contributed by atoms with Gasteiger partial charge in [-0.05, 0) is 36.4 Å². The maximum Gasteiger partial charge on any atom is 0.240 e. The first kappa shape index (κ1) is 23.8. The van der Waals surface area contributed by atoms with Gasteiger partial charge in [0.05, 0.1) is 18.8 Å². The second kappa shape index (κ2) is 11.2. The Morgan fingerprint density at radius 2 is 1.79 bits per heavy atom. The number of halogens is 1. The number of rotatable bonds is 8. The predicted molar refractivity (Wildman–Crippen MR) is 131 cm³/mol. The monoisotopic (exact) mass is 485 g/mol. The lowest BCUT2D eigenvalue weighted by atomic mass is 10.2. The number of aromatic nitrogens is 2. The van der Waals surface area contributed by atoms with Gasteiger partial charge in [-0.2, -0.15) is 4.98 Å². The summed E-state index contributed by atoms with van der Waals surface area (Å²) in [5.74, 6) is 1.65. The molecule has 0 bridgehead atoms. The molecule has 33 heavy (non-hydrogen) atoms. The van der Waals surface area contributed by atoms with Crippen molar-refractivity contribution in [3.63, 3.8) is 0 Å². The van der Waals surface area contributed by atoms with E-state index in [2.05, 4.69) is 25.3 Å². The summed E-state index contributed by atoms with van der Waals surface area (Å²) < 4.78 is 5.36. The van der Waals surface area contributed by atoms with E-state index in [0.717, 1.165) is 47.5 Å². The lowest BCUT2D eigenvalue weighted by Crippen LogP contribution is -2.48. The average molecular weight is 486 g/mol. The molecular weight excluding hydrogens is 458 g/mol. The zero-order valence-electron chi connectivity index (χ0n) is 18.8. The normalized spacial score (nSPS) is 15.2. The highest BCUT2D eigenvalue weighted by Crippen LogP contribution is 2.33. The van der Waals surface area contributed by atoms with Crippen molar-refractivity contribution in [2.75, 3.05) is 38.0 Å². The summed E-state index contributed by atoms with van der Waals surface area (Å²) in [4.78, 5) is 23.7. The molecule has 3 aromatic rings. The van der Waals surface area contributed by atoms with Crippen molar-refractivity contribution in [3.05, 3.63) is 65.3 Å². The number of nitrogens with zero attached hydrogens (tertiary/aromatic N) is 4. The van der Waals surface area contributed by atoms with Crippen LogP contribution in [-0.2, 0) is 11.3 Å². The molecule has 1 aliphatic rings. The number of para-hydroxylation sites is 1. The maximum absolute atomic E-state index is 12.7. The van der Waals surface area contributed by atoms with Crippen molar-refractivity contribution < 1.29 is 9.32 Å². The molecule has 1 fully saturated rings. The minimum atomic E-state index is -0.00826. The molecule has 9 heteroatoms. The molecular formula is C24H28ClN5O2S. The van der Waals surface area contributed by atoms with Crippen LogP contribution in [-0.4, -0.2) is 58.6 Å². The van der Waals surface area contributed by atoms with E-state index in [-0.39, 0.29) is 11.8 Å². The number of benzene rings is 2. The fourth-order valence-corrected chi connectivity index (χ4v) is 4.57.